The zero-order valence-corrected chi connectivity index (χ0v) is 12.9. The van der Waals surface area contributed by atoms with Crippen LogP contribution in [0, 0.1) is 11.8 Å². The first-order chi connectivity index (χ1) is 5.73. The van der Waals surface area contributed by atoms with Crippen LogP contribution in [0.2, 0.25) is 0 Å². The Bertz CT molecular complexity index is 192. The summed E-state index contributed by atoms with van der Waals surface area (Å²) < 4.78 is 0. The van der Waals surface area contributed by atoms with E-state index in [9.17, 15) is 14.7 Å². The van der Waals surface area contributed by atoms with Crippen LogP contribution in [0.25, 0.3) is 0 Å². The third-order valence-corrected chi connectivity index (χ3v) is 7.17. The molecule has 0 aliphatic heterocycles. The minimum absolute atomic E-state index is 0. The average molecular weight is 324 g/mol. The van der Waals surface area contributed by atoms with Crippen molar-refractivity contribution in [2.75, 3.05) is 11.5 Å². The Morgan fingerprint density at radius 1 is 0.929 bits per heavy atom. The van der Waals surface area contributed by atoms with Crippen LogP contribution in [0.3, 0.4) is 0 Å². The van der Waals surface area contributed by atoms with Gasteiger partial charge < -0.3 is 14.7 Å². The van der Waals surface area contributed by atoms with E-state index >= 15 is 0 Å². The Morgan fingerprint density at radius 2 is 1.21 bits per heavy atom. The van der Waals surface area contributed by atoms with Crippen molar-refractivity contribution >= 4 is 16.8 Å². The molecule has 0 aromatic heterocycles. The summed E-state index contributed by atoms with van der Waals surface area (Å²) in [5.41, 5.74) is 0. The summed E-state index contributed by atoms with van der Waals surface area (Å²) in [4.78, 5) is 27.6. The molecule has 0 saturated carbocycles. The van der Waals surface area contributed by atoms with Gasteiger partial charge >= 0.3 is 0 Å². The zero-order chi connectivity index (χ0) is 10.6. The zero-order valence-electron chi connectivity index (χ0n) is 9.17. The first-order valence-corrected chi connectivity index (χ1v) is 8.30. The molecule has 0 atom stereocenters. The molecule has 14 heavy (non-hydrogen) atoms. The van der Waals surface area contributed by atoms with Crippen LogP contribution < -0.4 is 0 Å². The summed E-state index contributed by atoms with van der Waals surface area (Å²) in [5, 5.41) is 0. The predicted molar refractivity (Wildman–Crippen MR) is 60.4 cm³/mol. The van der Waals surface area contributed by atoms with Crippen molar-refractivity contribution in [2.45, 2.75) is 27.7 Å². The summed E-state index contributed by atoms with van der Waals surface area (Å²) in [7, 11) is -0.624. The van der Waals surface area contributed by atoms with Gasteiger partial charge in [0.2, 0.25) is 0 Å². The first kappa shape index (κ1) is 17.7. The average Bonchev–Trinajstić information content (AvgIpc) is 1.81. The van der Waals surface area contributed by atoms with Crippen molar-refractivity contribution < 1.29 is 35.7 Å². The van der Waals surface area contributed by atoms with E-state index in [1.807, 2.05) is 27.7 Å². The fourth-order valence-corrected chi connectivity index (χ4v) is 6.10. The van der Waals surface area contributed by atoms with E-state index < -0.39 is 16.8 Å². The Morgan fingerprint density at radius 3 is 1.36 bits per heavy atom. The van der Waals surface area contributed by atoms with Gasteiger partial charge in [-0.25, -0.2) is 0 Å². The van der Waals surface area contributed by atoms with Gasteiger partial charge in [0, 0.05) is 21.1 Å². The number of hydrogen-bond acceptors (Lipinski definition) is 0. The van der Waals surface area contributed by atoms with Crippen LogP contribution in [-0.4, -0.2) is 26.2 Å². The fourth-order valence-electron chi connectivity index (χ4n) is 1.04. The second kappa shape index (κ2) is 7.59. The maximum Gasteiger partial charge on any atom is 0.277 e. The molecule has 0 fully saturated rings. The van der Waals surface area contributed by atoms with Gasteiger partial charge in [0.15, 0.2) is 0 Å². The molecule has 0 spiro atoms. The molecule has 0 radical (unpaired) electrons. The van der Waals surface area contributed by atoms with Crippen molar-refractivity contribution in [1.82, 2.24) is 0 Å². The molecular weight excluding hydrogens is 303 g/mol. The molecule has 0 amide bonds. The SMILES string of the molecule is CC(C)CS(CC(C)C)=P(O)(O)O.[Mo]. The molecule has 88 valence electrons. The van der Waals surface area contributed by atoms with Crippen molar-refractivity contribution in [3.8, 4) is 0 Å². The van der Waals surface area contributed by atoms with Crippen LogP contribution in [0.1, 0.15) is 27.7 Å². The molecule has 0 aliphatic carbocycles. The van der Waals surface area contributed by atoms with Crippen LogP contribution in [0.15, 0.2) is 0 Å². The van der Waals surface area contributed by atoms with Gasteiger partial charge in [0.1, 0.15) is 0 Å². The van der Waals surface area contributed by atoms with E-state index in [1.165, 1.54) is 0 Å². The molecular formula is C8H21MoO3PS. The minimum Gasteiger partial charge on any atom is -0.329 e. The van der Waals surface area contributed by atoms with E-state index in [-0.39, 0.29) is 21.1 Å². The van der Waals surface area contributed by atoms with Gasteiger partial charge in [-0.1, -0.05) is 27.7 Å². The summed E-state index contributed by atoms with van der Waals surface area (Å²) in [6.45, 7) is 4.49. The van der Waals surface area contributed by atoms with Gasteiger partial charge in [-0.3, -0.25) is 0 Å². The summed E-state index contributed by atoms with van der Waals surface area (Å²) in [5.74, 6) is 2.20. The maximum absolute atomic E-state index is 9.21. The molecule has 6 heteroatoms. The standard InChI is InChI=1S/C8H21O3PS.Mo/c1-7(2)5-13(6-8(3)4)12(9,10)11;/h7-11H,5-6H2,1-4H3;. The molecule has 3 N–H and O–H groups in total. The molecule has 0 unspecified atom stereocenters. The topological polar surface area (TPSA) is 60.7 Å². The quantitative estimate of drug-likeness (QED) is 0.543. The molecule has 0 bridgehead atoms. The minimum atomic E-state index is -3.61. The molecule has 0 aromatic carbocycles. The van der Waals surface area contributed by atoms with Crippen LogP contribution in [-0.2, 0) is 31.1 Å². The van der Waals surface area contributed by atoms with E-state index in [4.69, 9.17) is 0 Å². The Labute approximate surface area is 103 Å². The van der Waals surface area contributed by atoms with Crippen LogP contribution in [0.4, 0.5) is 0 Å². The Kier molecular flexibility index (Phi) is 9.62. The van der Waals surface area contributed by atoms with Gasteiger partial charge in [0.25, 0.3) is 6.72 Å². The Balaban J connectivity index is 0. The molecule has 0 aliphatic rings. The van der Waals surface area contributed by atoms with Gasteiger partial charge in [0.05, 0.1) is 0 Å². The predicted octanol–water partition coefficient (Wildman–Crippen LogP) is 1.57. The smallest absolute Gasteiger partial charge is 0.277 e. The Hall–Kier alpha value is 1.35. The summed E-state index contributed by atoms with van der Waals surface area (Å²) in [6.07, 6.45) is 0. The molecule has 3 nitrogen and oxygen atoms in total. The number of hydrogen-bond donors (Lipinski definition) is 3. The third-order valence-electron chi connectivity index (χ3n) is 1.40. The monoisotopic (exact) mass is 326 g/mol. The largest absolute Gasteiger partial charge is 0.329 e. The van der Waals surface area contributed by atoms with Crippen molar-refractivity contribution in [3.63, 3.8) is 0 Å². The van der Waals surface area contributed by atoms with E-state index in [2.05, 4.69) is 0 Å². The van der Waals surface area contributed by atoms with Crippen LogP contribution >= 0.6 is 6.72 Å². The van der Waals surface area contributed by atoms with Crippen molar-refractivity contribution in [2.24, 2.45) is 11.8 Å². The molecule has 0 rings (SSSR count). The van der Waals surface area contributed by atoms with E-state index in [0.29, 0.717) is 23.3 Å². The second-order valence-electron chi connectivity index (χ2n) is 4.10. The third kappa shape index (κ3) is 8.64. The van der Waals surface area contributed by atoms with Gasteiger partial charge in [-0.05, 0) is 23.3 Å². The van der Waals surface area contributed by atoms with Crippen molar-refractivity contribution in [3.05, 3.63) is 0 Å². The fraction of sp³-hybridized carbons (Fsp3) is 1.00. The molecule has 0 heterocycles. The van der Waals surface area contributed by atoms with Gasteiger partial charge in [-0.2, -0.15) is 0 Å². The number of rotatable bonds is 4. The van der Waals surface area contributed by atoms with E-state index in [0.717, 1.165) is 0 Å². The first-order valence-electron chi connectivity index (χ1n) is 4.49. The summed E-state index contributed by atoms with van der Waals surface area (Å²) in [6, 6.07) is 0. The maximum atomic E-state index is 9.21. The second-order valence-corrected chi connectivity index (χ2v) is 9.73. The summed E-state index contributed by atoms with van der Waals surface area (Å²) >= 11 is 0. The van der Waals surface area contributed by atoms with Gasteiger partial charge in [-0.15, -0.1) is 10.1 Å². The van der Waals surface area contributed by atoms with E-state index in [1.54, 1.807) is 0 Å². The molecule has 0 aromatic rings. The van der Waals surface area contributed by atoms with Crippen LogP contribution in [0.5, 0.6) is 0 Å². The normalized spacial score (nSPS) is 12.4. The molecule has 0 saturated heterocycles. The van der Waals surface area contributed by atoms with Crippen molar-refractivity contribution in [1.29, 1.82) is 0 Å².